The second kappa shape index (κ2) is 34.2. The van der Waals surface area contributed by atoms with Crippen LogP contribution in [0.2, 0.25) is 0 Å². The number of cyclic esters (lactones) is 1. The molecule has 1 aliphatic rings. The number of phosphoric acid groups is 1. The number of carbonyl (C=O) groups excluding carboxylic acids is 2. The van der Waals surface area contributed by atoms with E-state index >= 15 is 0 Å². The summed E-state index contributed by atoms with van der Waals surface area (Å²) >= 11 is 0. The monoisotopic (exact) mass is 789 g/mol. The average molecular weight is 789 g/mol. The molecule has 4 unspecified atom stereocenters. The average Bonchev–Trinajstić information content (AvgIpc) is 3.45. The van der Waals surface area contributed by atoms with E-state index in [9.17, 15) is 24.4 Å². The van der Waals surface area contributed by atoms with Crippen LogP contribution < -0.4 is 0 Å². The summed E-state index contributed by atoms with van der Waals surface area (Å²) in [5.41, 5.74) is 0. The van der Waals surface area contributed by atoms with Crippen LogP contribution in [0.3, 0.4) is 0 Å². The van der Waals surface area contributed by atoms with Gasteiger partial charge < -0.3 is 14.9 Å². The van der Waals surface area contributed by atoms with E-state index in [1.807, 2.05) is 0 Å². The molecule has 1 fully saturated rings. The van der Waals surface area contributed by atoms with Crippen molar-refractivity contribution in [1.82, 2.24) is 0 Å². The van der Waals surface area contributed by atoms with Crippen LogP contribution in [0, 0.1) is 11.8 Å². The second-order valence-electron chi connectivity index (χ2n) is 16.2. The van der Waals surface area contributed by atoms with Crippen LogP contribution in [0.4, 0.5) is 0 Å². The van der Waals surface area contributed by atoms with Crippen LogP contribution in [-0.4, -0.2) is 60.1 Å². The number of carbonyl (C=O) groups is 2. The Morgan fingerprint density at radius 1 is 0.556 bits per heavy atom. The Labute approximate surface area is 331 Å². The number of ether oxygens (including phenoxy) is 1. The smallest absolute Gasteiger partial charge is 0.449 e. The molecule has 10 heteroatoms. The van der Waals surface area contributed by atoms with Gasteiger partial charge in [-0.2, -0.15) is 0 Å². The van der Waals surface area contributed by atoms with E-state index in [-0.39, 0.29) is 25.0 Å². The topological polar surface area (TPSA) is 129 Å². The molecule has 0 saturated carbocycles. The van der Waals surface area contributed by atoms with Gasteiger partial charge in [0.1, 0.15) is 6.10 Å². The number of unbranched alkanes of at least 4 members (excludes halogenated alkanes) is 22. The second-order valence-corrected chi connectivity index (χ2v) is 17.8. The SMILES string of the molecule is CCCCCCCCCC(CCCCCCCC)COP(=O)(OCC(CCCCCCCC)CCCCCCCCC)OC1C(=O)O[C@H](C(O)CO)C1=O. The third-order valence-corrected chi connectivity index (χ3v) is 12.5. The summed E-state index contributed by atoms with van der Waals surface area (Å²) in [6.07, 6.45) is 29.9. The molecule has 1 saturated heterocycles. The van der Waals surface area contributed by atoms with Crippen molar-refractivity contribution in [1.29, 1.82) is 0 Å². The van der Waals surface area contributed by atoms with Gasteiger partial charge in [0, 0.05) is 0 Å². The van der Waals surface area contributed by atoms with Crippen molar-refractivity contribution in [3.63, 3.8) is 0 Å². The molecule has 320 valence electrons. The van der Waals surface area contributed by atoms with E-state index in [2.05, 4.69) is 27.7 Å². The van der Waals surface area contributed by atoms with Crippen molar-refractivity contribution >= 4 is 19.6 Å². The zero-order valence-corrected chi connectivity index (χ0v) is 36.3. The maximum absolute atomic E-state index is 14.5. The molecule has 0 radical (unpaired) electrons. The van der Waals surface area contributed by atoms with Crippen molar-refractivity contribution in [3.8, 4) is 0 Å². The number of hydrogen-bond acceptors (Lipinski definition) is 9. The van der Waals surface area contributed by atoms with Crippen LogP contribution in [-0.2, 0) is 32.5 Å². The number of hydrogen-bond donors (Lipinski definition) is 2. The highest BCUT2D eigenvalue weighted by Gasteiger charge is 2.51. The van der Waals surface area contributed by atoms with E-state index in [4.69, 9.17) is 18.3 Å². The van der Waals surface area contributed by atoms with Gasteiger partial charge in [-0.3, -0.25) is 18.4 Å². The van der Waals surface area contributed by atoms with Gasteiger partial charge in [-0.05, 0) is 37.5 Å². The minimum absolute atomic E-state index is 0.147. The first-order chi connectivity index (χ1) is 26.2. The molecule has 0 spiro atoms. The molecule has 2 N–H and O–H groups in total. The van der Waals surface area contributed by atoms with Crippen molar-refractivity contribution < 1.29 is 42.7 Å². The lowest BCUT2D eigenvalue weighted by Crippen LogP contribution is -2.37. The van der Waals surface area contributed by atoms with Crippen LogP contribution in [0.25, 0.3) is 0 Å². The van der Waals surface area contributed by atoms with Gasteiger partial charge in [0.05, 0.1) is 19.8 Å². The van der Waals surface area contributed by atoms with Crippen LogP contribution in [0.15, 0.2) is 0 Å². The Balaban J connectivity index is 3.08. The van der Waals surface area contributed by atoms with Crippen molar-refractivity contribution in [2.75, 3.05) is 19.8 Å². The standard InChI is InChI=1S/C44H85O9P/c1-5-9-13-17-21-25-29-33-38(31-27-23-19-15-11-7-3)36-50-54(49,53-43-41(47)42(40(46)35-45)52-44(43)48)51-37-39(32-28-24-20-16-12-8-4)34-30-26-22-18-14-10-6-2/h38-40,42-43,45-46H,5-37H2,1-4H3/t38?,39?,40?,42-,43?,54?/m1/s1. The quantitative estimate of drug-likeness (QED) is 0.0270. The zero-order chi connectivity index (χ0) is 39.7. The van der Waals surface area contributed by atoms with E-state index in [1.54, 1.807) is 0 Å². The van der Waals surface area contributed by atoms with E-state index < -0.39 is 44.5 Å². The Hall–Kier alpha value is -0.830. The van der Waals surface area contributed by atoms with Gasteiger partial charge in [-0.25, -0.2) is 9.36 Å². The minimum Gasteiger partial charge on any atom is -0.449 e. The maximum Gasteiger partial charge on any atom is 0.476 e. The zero-order valence-electron chi connectivity index (χ0n) is 35.4. The number of aliphatic hydroxyl groups is 2. The molecular formula is C44H85O9P. The highest BCUT2D eigenvalue weighted by Crippen LogP contribution is 2.53. The highest BCUT2D eigenvalue weighted by molar-refractivity contribution is 7.48. The minimum atomic E-state index is -4.40. The largest absolute Gasteiger partial charge is 0.476 e. The van der Waals surface area contributed by atoms with Crippen LogP contribution in [0.1, 0.15) is 220 Å². The summed E-state index contributed by atoms with van der Waals surface area (Å²) in [5, 5.41) is 19.5. The normalized spacial score (nSPS) is 18.9. The summed E-state index contributed by atoms with van der Waals surface area (Å²) in [6, 6.07) is 0. The third-order valence-electron chi connectivity index (χ3n) is 11.1. The van der Waals surface area contributed by atoms with E-state index in [0.717, 1.165) is 77.0 Å². The maximum atomic E-state index is 14.5. The van der Waals surface area contributed by atoms with Gasteiger partial charge >= 0.3 is 13.8 Å². The Morgan fingerprint density at radius 3 is 1.19 bits per heavy atom. The summed E-state index contributed by atoms with van der Waals surface area (Å²) in [6.45, 7) is 8.44. The molecule has 0 aliphatic carbocycles. The molecule has 0 aromatic carbocycles. The van der Waals surface area contributed by atoms with Gasteiger partial charge in [0.15, 0.2) is 6.10 Å². The lowest BCUT2D eigenvalue weighted by Gasteiger charge is -2.25. The molecular weight excluding hydrogens is 703 g/mol. The van der Waals surface area contributed by atoms with Gasteiger partial charge in [-0.15, -0.1) is 0 Å². The first kappa shape index (κ1) is 51.2. The van der Waals surface area contributed by atoms with Crippen molar-refractivity contribution in [3.05, 3.63) is 0 Å². The van der Waals surface area contributed by atoms with Gasteiger partial charge in [-0.1, -0.05) is 195 Å². The Bertz CT molecular complexity index is 901. The van der Waals surface area contributed by atoms with Crippen LogP contribution >= 0.6 is 7.82 Å². The number of Topliss-reactive ketones (excluding diaryl/α,β-unsaturated/α-hetero) is 1. The fourth-order valence-corrected chi connectivity index (χ4v) is 8.85. The highest BCUT2D eigenvalue weighted by atomic mass is 31.2. The number of aliphatic hydroxyl groups excluding tert-OH is 2. The van der Waals surface area contributed by atoms with Gasteiger partial charge in [0.2, 0.25) is 11.9 Å². The van der Waals surface area contributed by atoms with E-state index in [0.29, 0.717) is 0 Å². The van der Waals surface area contributed by atoms with Crippen LogP contribution in [0.5, 0.6) is 0 Å². The number of ketones is 1. The summed E-state index contributed by atoms with van der Waals surface area (Å²) in [4.78, 5) is 25.9. The molecule has 54 heavy (non-hydrogen) atoms. The molecule has 0 aromatic heterocycles. The molecule has 1 aliphatic heterocycles. The fourth-order valence-electron chi connectivity index (χ4n) is 7.42. The van der Waals surface area contributed by atoms with Crippen molar-refractivity contribution in [2.24, 2.45) is 11.8 Å². The third kappa shape index (κ3) is 24.7. The van der Waals surface area contributed by atoms with Gasteiger partial charge in [0.25, 0.3) is 0 Å². The molecule has 0 amide bonds. The van der Waals surface area contributed by atoms with Crippen molar-refractivity contribution in [2.45, 2.75) is 239 Å². The fraction of sp³-hybridized carbons (Fsp3) is 0.955. The van der Waals surface area contributed by atoms with E-state index in [1.165, 1.54) is 116 Å². The molecule has 9 nitrogen and oxygen atoms in total. The Morgan fingerprint density at radius 2 is 0.870 bits per heavy atom. The predicted octanol–water partition coefficient (Wildman–Crippen LogP) is 12.4. The number of phosphoric ester groups is 1. The molecule has 5 atom stereocenters. The molecule has 1 heterocycles. The first-order valence-electron chi connectivity index (χ1n) is 22.9. The lowest BCUT2D eigenvalue weighted by molar-refractivity contribution is -0.151. The number of esters is 1. The summed E-state index contributed by atoms with van der Waals surface area (Å²) in [7, 11) is -4.40. The first-order valence-corrected chi connectivity index (χ1v) is 24.3. The lowest BCUT2D eigenvalue weighted by atomic mass is 9.95. The summed E-state index contributed by atoms with van der Waals surface area (Å²) in [5.74, 6) is -1.64. The number of rotatable bonds is 40. The Kier molecular flexibility index (Phi) is 32.4. The predicted molar refractivity (Wildman–Crippen MR) is 221 cm³/mol. The molecule has 1 rings (SSSR count). The molecule has 0 aromatic rings. The molecule has 0 bridgehead atoms. The summed E-state index contributed by atoms with van der Waals surface area (Å²) < 4.78 is 37.6.